The lowest BCUT2D eigenvalue weighted by atomic mass is 9.97. The molecule has 1 fully saturated rings. The van der Waals surface area contributed by atoms with Crippen molar-refractivity contribution in [3.63, 3.8) is 0 Å². The van der Waals surface area contributed by atoms with E-state index in [9.17, 15) is 14.0 Å². The molecule has 26 heavy (non-hydrogen) atoms. The Morgan fingerprint density at radius 2 is 2.15 bits per heavy atom. The number of amides is 2. The van der Waals surface area contributed by atoms with E-state index in [0.717, 1.165) is 0 Å². The molecule has 1 atom stereocenters. The smallest absolute Gasteiger partial charge is 0.273 e. The van der Waals surface area contributed by atoms with E-state index in [1.54, 1.807) is 15.8 Å². The fourth-order valence-electron chi connectivity index (χ4n) is 2.81. The van der Waals surface area contributed by atoms with Crippen LogP contribution in [0.2, 0.25) is 0 Å². The van der Waals surface area contributed by atoms with Crippen molar-refractivity contribution in [1.29, 1.82) is 0 Å². The van der Waals surface area contributed by atoms with Gasteiger partial charge in [-0.1, -0.05) is 0 Å². The molecule has 2 heterocycles. The highest BCUT2D eigenvalue weighted by Gasteiger charge is 2.41. The van der Waals surface area contributed by atoms with Gasteiger partial charge in [0.1, 0.15) is 29.5 Å². The summed E-state index contributed by atoms with van der Waals surface area (Å²) in [6.45, 7) is 0.777. The molecule has 0 spiro atoms. The van der Waals surface area contributed by atoms with E-state index in [1.807, 2.05) is 0 Å². The maximum Gasteiger partial charge on any atom is 0.273 e. The molecule has 1 aliphatic heterocycles. The Balaban J connectivity index is 1.74. The Bertz CT molecular complexity index is 769. The lowest BCUT2D eigenvalue weighted by molar-refractivity contribution is -0.142. The second-order valence-corrected chi connectivity index (χ2v) is 6.74. The van der Waals surface area contributed by atoms with Gasteiger partial charge in [0.15, 0.2) is 0 Å². The lowest BCUT2D eigenvalue weighted by Crippen LogP contribution is -2.58. The number of thiazole rings is 1. The van der Waals surface area contributed by atoms with E-state index in [0.29, 0.717) is 18.0 Å². The first-order valence-corrected chi connectivity index (χ1v) is 8.90. The molecule has 1 saturated heterocycles. The predicted molar refractivity (Wildman–Crippen MR) is 92.4 cm³/mol. The van der Waals surface area contributed by atoms with Gasteiger partial charge < -0.3 is 20.1 Å². The maximum absolute atomic E-state index is 13.0. The standard InChI is InChI=1S/C17H18FN3O4S/c18-12-1-3-13(4-2-12)24-10-17(7-15(19)22)9-21(5-6-25-17)16(23)14-8-26-11-20-14/h1-4,8,11H,5-7,9-10H2,(H2,19,22)/t17-/m1/s1. The van der Waals surface area contributed by atoms with Crippen molar-refractivity contribution in [3.8, 4) is 5.75 Å². The molecule has 1 aromatic carbocycles. The van der Waals surface area contributed by atoms with Crippen molar-refractivity contribution >= 4 is 23.2 Å². The highest BCUT2D eigenvalue weighted by molar-refractivity contribution is 7.07. The van der Waals surface area contributed by atoms with Crippen LogP contribution in [0.5, 0.6) is 5.75 Å². The summed E-state index contributed by atoms with van der Waals surface area (Å²) in [5.74, 6) is -0.735. The zero-order valence-corrected chi connectivity index (χ0v) is 14.7. The molecule has 1 aromatic heterocycles. The summed E-state index contributed by atoms with van der Waals surface area (Å²) >= 11 is 1.33. The monoisotopic (exact) mass is 379 g/mol. The maximum atomic E-state index is 13.0. The van der Waals surface area contributed by atoms with Gasteiger partial charge in [-0.05, 0) is 24.3 Å². The minimum atomic E-state index is -1.07. The zero-order valence-electron chi connectivity index (χ0n) is 13.9. The van der Waals surface area contributed by atoms with Gasteiger partial charge >= 0.3 is 0 Å². The van der Waals surface area contributed by atoms with E-state index in [1.165, 1.54) is 35.6 Å². The zero-order chi connectivity index (χ0) is 18.6. The molecule has 9 heteroatoms. The summed E-state index contributed by atoms with van der Waals surface area (Å²) in [6.07, 6.45) is -0.102. The van der Waals surface area contributed by atoms with Gasteiger partial charge in [-0.2, -0.15) is 0 Å². The Hall–Kier alpha value is -2.52. The van der Waals surface area contributed by atoms with Crippen LogP contribution < -0.4 is 10.5 Å². The molecule has 2 aromatic rings. The van der Waals surface area contributed by atoms with Crippen LogP contribution in [0.25, 0.3) is 0 Å². The van der Waals surface area contributed by atoms with Gasteiger partial charge in [-0.15, -0.1) is 11.3 Å². The molecule has 2 amide bonds. The molecule has 0 saturated carbocycles. The van der Waals surface area contributed by atoms with Gasteiger partial charge in [0.25, 0.3) is 5.91 Å². The lowest BCUT2D eigenvalue weighted by Gasteiger charge is -2.41. The van der Waals surface area contributed by atoms with Crippen LogP contribution in [0.3, 0.4) is 0 Å². The molecule has 0 bridgehead atoms. The number of rotatable bonds is 6. The van der Waals surface area contributed by atoms with Crippen LogP contribution in [0, 0.1) is 5.82 Å². The number of aromatic nitrogens is 1. The van der Waals surface area contributed by atoms with E-state index in [4.69, 9.17) is 15.2 Å². The first kappa shape index (κ1) is 18.3. The molecule has 138 valence electrons. The minimum Gasteiger partial charge on any atom is -0.490 e. The first-order chi connectivity index (χ1) is 12.5. The van der Waals surface area contributed by atoms with Crippen molar-refractivity contribution < 1.29 is 23.5 Å². The summed E-state index contributed by atoms with van der Waals surface area (Å²) in [5.41, 5.74) is 6.25. The molecule has 7 nitrogen and oxygen atoms in total. The molecule has 0 aliphatic carbocycles. The third-order valence-electron chi connectivity index (χ3n) is 4.00. The van der Waals surface area contributed by atoms with Crippen LogP contribution in [0.1, 0.15) is 16.9 Å². The predicted octanol–water partition coefficient (Wildman–Crippen LogP) is 1.45. The Morgan fingerprint density at radius 3 is 2.81 bits per heavy atom. The van der Waals surface area contributed by atoms with Crippen molar-refractivity contribution in [2.45, 2.75) is 12.0 Å². The van der Waals surface area contributed by atoms with Gasteiger partial charge in [-0.25, -0.2) is 9.37 Å². The van der Waals surface area contributed by atoms with Crippen LogP contribution in [0.15, 0.2) is 35.2 Å². The van der Waals surface area contributed by atoms with Crippen LogP contribution in [-0.4, -0.2) is 53.6 Å². The number of hydrogen-bond acceptors (Lipinski definition) is 6. The average molecular weight is 379 g/mol. The number of morpholine rings is 1. The van der Waals surface area contributed by atoms with Gasteiger partial charge in [0.2, 0.25) is 5.91 Å². The molecule has 0 radical (unpaired) electrons. The van der Waals surface area contributed by atoms with Crippen molar-refractivity contribution in [3.05, 3.63) is 46.7 Å². The topological polar surface area (TPSA) is 94.8 Å². The molecular formula is C17H18FN3O4S. The van der Waals surface area contributed by atoms with Gasteiger partial charge in [-0.3, -0.25) is 9.59 Å². The molecule has 0 unspecified atom stereocenters. The quantitative estimate of drug-likeness (QED) is 0.820. The number of carbonyl (C=O) groups excluding carboxylic acids is 2. The van der Waals surface area contributed by atoms with E-state index < -0.39 is 11.5 Å². The fourth-order valence-corrected chi connectivity index (χ4v) is 3.33. The van der Waals surface area contributed by atoms with Crippen LogP contribution in [0.4, 0.5) is 4.39 Å². The van der Waals surface area contributed by atoms with Gasteiger partial charge in [0.05, 0.1) is 25.1 Å². The molecule has 3 rings (SSSR count). The van der Waals surface area contributed by atoms with Crippen molar-refractivity contribution in [2.24, 2.45) is 5.73 Å². The normalized spacial score (nSPS) is 20.0. The Labute approximate surface area is 153 Å². The second-order valence-electron chi connectivity index (χ2n) is 6.02. The number of nitrogens with zero attached hydrogens (tertiary/aromatic N) is 2. The molecular weight excluding hydrogens is 361 g/mol. The highest BCUT2D eigenvalue weighted by Crippen LogP contribution is 2.25. The second kappa shape index (κ2) is 7.79. The third-order valence-corrected chi connectivity index (χ3v) is 4.59. The summed E-state index contributed by atoms with van der Waals surface area (Å²) in [6, 6.07) is 5.51. The van der Waals surface area contributed by atoms with Crippen LogP contribution in [-0.2, 0) is 9.53 Å². The first-order valence-electron chi connectivity index (χ1n) is 7.96. The molecule has 2 N–H and O–H groups in total. The fraction of sp³-hybridized carbons (Fsp3) is 0.353. The number of benzene rings is 1. The Kier molecular flexibility index (Phi) is 5.48. The summed E-state index contributed by atoms with van der Waals surface area (Å²) in [4.78, 5) is 29.7. The molecule has 1 aliphatic rings. The summed E-state index contributed by atoms with van der Waals surface area (Å²) in [7, 11) is 0. The number of ether oxygens (including phenoxy) is 2. The number of primary amides is 1. The van der Waals surface area contributed by atoms with E-state index in [2.05, 4.69) is 4.98 Å². The number of hydrogen-bond donors (Lipinski definition) is 1. The van der Waals surface area contributed by atoms with E-state index in [-0.39, 0.29) is 37.9 Å². The van der Waals surface area contributed by atoms with Crippen molar-refractivity contribution in [1.82, 2.24) is 9.88 Å². The Morgan fingerprint density at radius 1 is 1.38 bits per heavy atom. The summed E-state index contributed by atoms with van der Waals surface area (Å²) < 4.78 is 24.5. The van der Waals surface area contributed by atoms with Gasteiger partial charge in [0, 0.05) is 11.9 Å². The SMILES string of the molecule is NC(=O)C[C@]1(COc2ccc(F)cc2)CN(C(=O)c2cscn2)CCO1. The number of carbonyl (C=O) groups is 2. The highest BCUT2D eigenvalue weighted by atomic mass is 32.1. The number of halogens is 1. The summed E-state index contributed by atoms with van der Waals surface area (Å²) in [5, 5.41) is 1.67. The minimum absolute atomic E-state index is 0.00240. The average Bonchev–Trinajstić information content (AvgIpc) is 3.15. The van der Waals surface area contributed by atoms with Crippen molar-refractivity contribution in [2.75, 3.05) is 26.3 Å². The largest absolute Gasteiger partial charge is 0.490 e. The van der Waals surface area contributed by atoms with Crippen LogP contribution >= 0.6 is 11.3 Å². The van der Waals surface area contributed by atoms with E-state index >= 15 is 0 Å². The number of nitrogens with two attached hydrogens (primary N) is 1. The third kappa shape index (κ3) is 4.36.